The zero-order valence-electron chi connectivity index (χ0n) is 3.25. The molecule has 0 heterocycles. The topological polar surface area (TPSA) is 34.1 Å². The summed E-state index contributed by atoms with van der Waals surface area (Å²) in [4.78, 5) is 0. The third-order valence-electron chi connectivity index (χ3n) is 0. The van der Waals surface area contributed by atoms with Gasteiger partial charge in [-0.05, 0) is 12.3 Å². The Hall–Kier alpha value is 0.120. The quantitative estimate of drug-likeness (QED) is 0.362. The molecule has 2 nitrogen and oxygen atoms in total. The molecule has 0 bridgehead atoms. The molecule has 0 aromatic carbocycles. The first-order chi connectivity index (χ1) is 2.83. The summed E-state index contributed by atoms with van der Waals surface area (Å²) in [5.41, 5.74) is 0. The van der Waals surface area contributed by atoms with Gasteiger partial charge in [-0.2, -0.15) is 0 Å². The van der Waals surface area contributed by atoms with E-state index in [1.807, 2.05) is 6.92 Å². The molecule has 0 saturated carbocycles. The summed E-state index contributed by atoms with van der Waals surface area (Å²) < 4.78 is 16.7. The van der Waals surface area contributed by atoms with Gasteiger partial charge in [-0.25, -0.2) is 0 Å². The minimum atomic E-state index is -1.08. The van der Waals surface area contributed by atoms with Crippen LogP contribution in [0.2, 0.25) is 0 Å². The molecule has 0 rings (SSSR count). The molecule has 0 fully saturated rings. The summed E-state index contributed by atoms with van der Waals surface area (Å²) in [5.74, 6) is 0. The monoisotopic (exact) mass is 123 g/mol. The van der Waals surface area contributed by atoms with Crippen molar-refractivity contribution in [2.45, 2.75) is 6.92 Å². The molecular weight excluding hydrogens is 119 g/mol. The van der Waals surface area contributed by atoms with Crippen molar-refractivity contribution in [3.05, 3.63) is 0 Å². The van der Waals surface area contributed by atoms with E-state index in [9.17, 15) is 0 Å². The number of hydrogen-bond donors (Lipinski definition) is 0. The van der Waals surface area contributed by atoms with Crippen molar-refractivity contribution in [2.75, 3.05) is 0 Å². The van der Waals surface area contributed by atoms with Crippen LogP contribution < -0.4 is 0 Å². The summed E-state index contributed by atoms with van der Waals surface area (Å²) in [7, 11) is -1.08. The van der Waals surface area contributed by atoms with Crippen LogP contribution in [0.15, 0.2) is 0 Å². The Morgan fingerprint density at radius 2 is 1.67 bits per heavy atom. The Morgan fingerprint density at radius 3 is 1.67 bits per heavy atom. The van der Waals surface area contributed by atoms with Gasteiger partial charge in [-0.3, -0.25) is 0 Å². The third-order valence-corrected chi connectivity index (χ3v) is 0. The molecule has 0 aliphatic carbocycles. The van der Waals surface area contributed by atoms with Crippen molar-refractivity contribution in [2.24, 2.45) is 0 Å². The Bertz CT molecular complexity index is 56.6. The van der Waals surface area contributed by atoms with Gasteiger partial charge in [0.05, 0.1) is 0 Å². The van der Waals surface area contributed by atoms with Crippen molar-refractivity contribution in [1.82, 2.24) is 0 Å². The van der Waals surface area contributed by atoms with E-state index in [1.54, 1.807) is 5.37 Å². The first-order valence-corrected chi connectivity index (χ1v) is 2.38. The summed E-state index contributed by atoms with van der Waals surface area (Å²) in [6, 6.07) is 0. The van der Waals surface area contributed by atoms with Crippen LogP contribution in [0.1, 0.15) is 6.92 Å². The third kappa shape index (κ3) is 2790. The zero-order chi connectivity index (χ0) is 5.41. The summed E-state index contributed by atoms with van der Waals surface area (Å²) >= 11 is 4.27. The number of thiocarbonyl (C=S) groups is 1. The molecule has 0 unspecified atom stereocenters. The van der Waals surface area contributed by atoms with E-state index in [0.29, 0.717) is 0 Å². The Kier molecular flexibility index (Phi) is 30.5. The van der Waals surface area contributed by atoms with Gasteiger partial charge >= 0.3 is 17.5 Å². The maximum atomic E-state index is 8.35. The van der Waals surface area contributed by atoms with E-state index < -0.39 is 8.34 Å². The average Bonchev–Trinajstić information content (AvgIpc) is 1.39. The van der Waals surface area contributed by atoms with E-state index in [1.165, 1.54) is 0 Å². The van der Waals surface area contributed by atoms with Crippen LogP contribution in [0, 0.1) is 0 Å². The van der Waals surface area contributed by atoms with Gasteiger partial charge < -0.3 is 0 Å². The molecule has 1 radical (unpaired) electrons. The SMILES string of the molecule is CC=S.O=[P]=O. The first kappa shape index (κ1) is 9.45. The van der Waals surface area contributed by atoms with Crippen molar-refractivity contribution >= 4 is 25.9 Å². The fourth-order valence-electron chi connectivity index (χ4n) is 0. The van der Waals surface area contributed by atoms with Gasteiger partial charge in [-0.15, -0.1) is 0 Å². The molecule has 0 aliphatic rings. The molecule has 0 atom stereocenters. The van der Waals surface area contributed by atoms with Gasteiger partial charge in [0.25, 0.3) is 0 Å². The van der Waals surface area contributed by atoms with Crippen LogP contribution in [0.5, 0.6) is 0 Å². The second kappa shape index (κ2) is 19.3. The first-order valence-electron chi connectivity index (χ1n) is 1.18. The van der Waals surface area contributed by atoms with Crippen molar-refractivity contribution in [3.63, 3.8) is 0 Å². The summed E-state index contributed by atoms with van der Waals surface area (Å²) in [6.07, 6.45) is 0. The predicted molar refractivity (Wildman–Crippen MR) is 27.6 cm³/mol. The number of rotatable bonds is 0. The van der Waals surface area contributed by atoms with Gasteiger partial charge in [0.2, 0.25) is 0 Å². The normalized spacial score (nSPS) is 3.50. The Morgan fingerprint density at radius 1 is 1.67 bits per heavy atom. The maximum absolute atomic E-state index is 8.35. The molecule has 0 amide bonds. The van der Waals surface area contributed by atoms with Crippen LogP contribution >= 0.6 is 20.6 Å². The van der Waals surface area contributed by atoms with E-state index in [0.717, 1.165) is 0 Å². The van der Waals surface area contributed by atoms with E-state index in [-0.39, 0.29) is 0 Å². The van der Waals surface area contributed by atoms with Crippen LogP contribution in [0.25, 0.3) is 0 Å². The van der Waals surface area contributed by atoms with Gasteiger partial charge in [-0.1, -0.05) is 12.2 Å². The van der Waals surface area contributed by atoms with Crippen molar-refractivity contribution < 1.29 is 9.13 Å². The van der Waals surface area contributed by atoms with E-state index in [2.05, 4.69) is 12.2 Å². The molecule has 0 aromatic rings. The zero-order valence-corrected chi connectivity index (χ0v) is 4.96. The fraction of sp³-hybridized carbons (Fsp3) is 0.500. The molecule has 0 aromatic heterocycles. The van der Waals surface area contributed by atoms with E-state index >= 15 is 0 Å². The Labute approximate surface area is 42.8 Å². The molecule has 6 heavy (non-hydrogen) atoms. The van der Waals surface area contributed by atoms with Crippen LogP contribution in [0.3, 0.4) is 0 Å². The van der Waals surface area contributed by atoms with Crippen LogP contribution in [-0.4, -0.2) is 5.37 Å². The van der Waals surface area contributed by atoms with Crippen LogP contribution in [0.4, 0.5) is 0 Å². The molecule has 0 spiro atoms. The van der Waals surface area contributed by atoms with Crippen molar-refractivity contribution in [1.29, 1.82) is 0 Å². The molecule has 0 aliphatic heterocycles. The van der Waals surface area contributed by atoms with Gasteiger partial charge in [0.1, 0.15) is 0 Å². The van der Waals surface area contributed by atoms with Gasteiger partial charge in [0.15, 0.2) is 0 Å². The summed E-state index contributed by atoms with van der Waals surface area (Å²) in [5, 5.41) is 1.58. The second-order valence-electron chi connectivity index (χ2n) is 0.310. The van der Waals surface area contributed by atoms with Crippen molar-refractivity contribution in [3.8, 4) is 0 Å². The predicted octanol–water partition coefficient (Wildman–Crippen LogP) is 1.63. The molecule has 0 N–H and O–H groups in total. The fourth-order valence-corrected chi connectivity index (χ4v) is 0. The Balaban J connectivity index is 0. The van der Waals surface area contributed by atoms with Gasteiger partial charge in [0, 0.05) is 0 Å². The molecule has 35 valence electrons. The minimum absolute atomic E-state index is 1.08. The average molecular weight is 123 g/mol. The molecular formula is C2H4O2PS. The van der Waals surface area contributed by atoms with E-state index in [4.69, 9.17) is 9.13 Å². The number of hydrogen-bond acceptors (Lipinski definition) is 3. The summed E-state index contributed by atoms with van der Waals surface area (Å²) in [6.45, 7) is 1.81. The second-order valence-corrected chi connectivity index (χ2v) is 0.931. The standard InChI is InChI=1S/C2H4S.O2P/c1-2-3;1-3-2/h2H,1H3;. The molecule has 0 saturated heterocycles. The van der Waals surface area contributed by atoms with Crippen LogP contribution in [-0.2, 0) is 9.13 Å². The molecule has 4 heteroatoms.